The maximum absolute atomic E-state index is 5.03. The SMILES string of the molecule is COCCn1nc(C)cc1C(C)C. The van der Waals surface area contributed by atoms with E-state index in [4.69, 9.17) is 4.74 Å². The van der Waals surface area contributed by atoms with Gasteiger partial charge in [-0.3, -0.25) is 4.68 Å². The highest BCUT2D eigenvalue weighted by molar-refractivity contribution is 5.12. The van der Waals surface area contributed by atoms with Gasteiger partial charge in [0.1, 0.15) is 0 Å². The molecule has 1 aromatic heterocycles. The molecule has 0 unspecified atom stereocenters. The molecule has 1 rings (SSSR count). The van der Waals surface area contributed by atoms with E-state index >= 15 is 0 Å². The second-order valence-electron chi connectivity index (χ2n) is 3.58. The summed E-state index contributed by atoms with van der Waals surface area (Å²) in [4.78, 5) is 0. The van der Waals surface area contributed by atoms with Crippen LogP contribution in [0, 0.1) is 6.92 Å². The van der Waals surface area contributed by atoms with Crippen LogP contribution in [0.4, 0.5) is 0 Å². The summed E-state index contributed by atoms with van der Waals surface area (Å²) in [6.45, 7) is 7.95. The fourth-order valence-electron chi connectivity index (χ4n) is 1.39. The van der Waals surface area contributed by atoms with Crippen molar-refractivity contribution in [3.8, 4) is 0 Å². The Morgan fingerprint density at radius 1 is 1.54 bits per heavy atom. The first-order valence-electron chi connectivity index (χ1n) is 4.68. The van der Waals surface area contributed by atoms with Crippen molar-refractivity contribution in [2.75, 3.05) is 13.7 Å². The highest BCUT2D eigenvalue weighted by Crippen LogP contribution is 2.15. The average molecular weight is 182 g/mol. The van der Waals surface area contributed by atoms with E-state index in [9.17, 15) is 0 Å². The molecule has 13 heavy (non-hydrogen) atoms. The van der Waals surface area contributed by atoms with Gasteiger partial charge in [0.15, 0.2) is 0 Å². The number of hydrogen-bond acceptors (Lipinski definition) is 2. The van der Waals surface area contributed by atoms with Crippen LogP contribution < -0.4 is 0 Å². The molecule has 3 nitrogen and oxygen atoms in total. The maximum atomic E-state index is 5.03. The molecule has 0 aliphatic carbocycles. The van der Waals surface area contributed by atoms with Crippen molar-refractivity contribution >= 4 is 0 Å². The van der Waals surface area contributed by atoms with Gasteiger partial charge in [0, 0.05) is 12.8 Å². The van der Waals surface area contributed by atoms with E-state index in [1.165, 1.54) is 5.69 Å². The molecule has 0 saturated carbocycles. The third-order valence-electron chi connectivity index (χ3n) is 2.03. The highest BCUT2D eigenvalue weighted by atomic mass is 16.5. The molecule has 0 amide bonds. The van der Waals surface area contributed by atoms with Gasteiger partial charge in [0.2, 0.25) is 0 Å². The molecule has 74 valence electrons. The molecule has 0 saturated heterocycles. The van der Waals surface area contributed by atoms with Crippen LogP contribution in [-0.4, -0.2) is 23.5 Å². The van der Waals surface area contributed by atoms with E-state index in [1.54, 1.807) is 7.11 Å². The van der Waals surface area contributed by atoms with E-state index in [1.807, 2.05) is 11.6 Å². The van der Waals surface area contributed by atoms with Gasteiger partial charge < -0.3 is 4.74 Å². The Kier molecular flexibility index (Phi) is 3.48. The monoisotopic (exact) mass is 182 g/mol. The highest BCUT2D eigenvalue weighted by Gasteiger charge is 2.08. The van der Waals surface area contributed by atoms with Gasteiger partial charge in [-0.2, -0.15) is 5.10 Å². The van der Waals surface area contributed by atoms with Crippen molar-refractivity contribution in [3.63, 3.8) is 0 Å². The lowest BCUT2D eigenvalue weighted by Gasteiger charge is -2.08. The number of aryl methyl sites for hydroxylation is 1. The Bertz CT molecular complexity index is 266. The first-order chi connectivity index (χ1) is 6.15. The van der Waals surface area contributed by atoms with E-state index in [0.29, 0.717) is 5.92 Å². The number of methoxy groups -OCH3 is 1. The fraction of sp³-hybridized carbons (Fsp3) is 0.700. The normalized spacial score (nSPS) is 11.2. The molecule has 0 fully saturated rings. The minimum atomic E-state index is 0.526. The van der Waals surface area contributed by atoms with Crippen molar-refractivity contribution in [1.82, 2.24) is 9.78 Å². The van der Waals surface area contributed by atoms with E-state index in [0.717, 1.165) is 18.8 Å². The van der Waals surface area contributed by atoms with Gasteiger partial charge >= 0.3 is 0 Å². The maximum Gasteiger partial charge on any atom is 0.0658 e. The Morgan fingerprint density at radius 2 is 2.23 bits per heavy atom. The van der Waals surface area contributed by atoms with Gasteiger partial charge in [-0.15, -0.1) is 0 Å². The third kappa shape index (κ3) is 2.56. The summed E-state index contributed by atoms with van der Waals surface area (Å²) < 4.78 is 7.06. The van der Waals surface area contributed by atoms with Crippen molar-refractivity contribution < 1.29 is 4.74 Å². The van der Waals surface area contributed by atoms with Gasteiger partial charge in [-0.1, -0.05) is 13.8 Å². The third-order valence-corrected chi connectivity index (χ3v) is 2.03. The predicted octanol–water partition coefficient (Wildman–Crippen LogP) is 1.96. The summed E-state index contributed by atoms with van der Waals surface area (Å²) >= 11 is 0. The molecule has 0 aliphatic rings. The number of ether oxygens (including phenoxy) is 1. The Labute approximate surface area is 79.7 Å². The Morgan fingerprint density at radius 3 is 2.77 bits per heavy atom. The quantitative estimate of drug-likeness (QED) is 0.711. The summed E-state index contributed by atoms with van der Waals surface area (Å²) in [5, 5.41) is 4.41. The lowest BCUT2D eigenvalue weighted by Crippen LogP contribution is -2.10. The van der Waals surface area contributed by atoms with Gasteiger partial charge in [-0.05, 0) is 18.9 Å². The molecular formula is C10H18N2O. The molecule has 0 bridgehead atoms. The summed E-state index contributed by atoms with van der Waals surface area (Å²) in [5.74, 6) is 0.526. The molecule has 0 N–H and O–H groups in total. The lowest BCUT2D eigenvalue weighted by atomic mass is 10.1. The molecule has 0 spiro atoms. The first-order valence-corrected chi connectivity index (χ1v) is 4.68. The topological polar surface area (TPSA) is 27.1 Å². The van der Waals surface area contributed by atoms with Crippen LogP contribution in [0.1, 0.15) is 31.2 Å². The minimum Gasteiger partial charge on any atom is -0.383 e. The zero-order valence-corrected chi connectivity index (χ0v) is 8.87. The van der Waals surface area contributed by atoms with Crippen LogP contribution in [0.3, 0.4) is 0 Å². The van der Waals surface area contributed by atoms with E-state index < -0.39 is 0 Å². The molecule has 0 radical (unpaired) electrons. The number of rotatable bonds is 4. The summed E-state index contributed by atoms with van der Waals surface area (Å²) in [5.41, 5.74) is 2.37. The van der Waals surface area contributed by atoms with Crippen LogP contribution in [0.15, 0.2) is 6.07 Å². The number of aromatic nitrogens is 2. The second-order valence-corrected chi connectivity index (χ2v) is 3.58. The predicted molar refractivity (Wildman–Crippen MR) is 52.9 cm³/mol. The zero-order chi connectivity index (χ0) is 9.84. The molecule has 1 aromatic rings. The molecule has 0 atom stereocenters. The molecule has 0 aliphatic heterocycles. The molecule has 0 aromatic carbocycles. The van der Waals surface area contributed by atoms with Crippen molar-refractivity contribution in [1.29, 1.82) is 0 Å². The van der Waals surface area contributed by atoms with Gasteiger partial charge in [0.25, 0.3) is 0 Å². The van der Waals surface area contributed by atoms with Crippen molar-refractivity contribution in [2.45, 2.75) is 33.2 Å². The van der Waals surface area contributed by atoms with Gasteiger partial charge in [0.05, 0.1) is 18.8 Å². The lowest BCUT2D eigenvalue weighted by molar-refractivity contribution is 0.182. The van der Waals surface area contributed by atoms with E-state index in [-0.39, 0.29) is 0 Å². The molecule has 3 heteroatoms. The smallest absolute Gasteiger partial charge is 0.0658 e. The summed E-state index contributed by atoms with van der Waals surface area (Å²) in [7, 11) is 1.71. The van der Waals surface area contributed by atoms with Crippen LogP contribution in [-0.2, 0) is 11.3 Å². The van der Waals surface area contributed by atoms with Crippen molar-refractivity contribution in [2.24, 2.45) is 0 Å². The van der Waals surface area contributed by atoms with Gasteiger partial charge in [-0.25, -0.2) is 0 Å². The van der Waals surface area contributed by atoms with Crippen LogP contribution in [0.25, 0.3) is 0 Å². The number of hydrogen-bond donors (Lipinski definition) is 0. The summed E-state index contributed by atoms with van der Waals surface area (Å²) in [6, 6.07) is 2.14. The number of nitrogens with zero attached hydrogens (tertiary/aromatic N) is 2. The largest absolute Gasteiger partial charge is 0.383 e. The Hall–Kier alpha value is -0.830. The van der Waals surface area contributed by atoms with Crippen LogP contribution >= 0.6 is 0 Å². The first kappa shape index (κ1) is 10.3. The fourth-order valence-corrected chi connectivity index (χ4v) is 1.39. The van der Waals surface area contributed by atoms with E-state index in [2.05, 4.69) is 25.0 Å². The molecule has 1 heterocycles. The van der Waals surface area contributed by atoms with Crippen LogP contribution in [0.2, 0.25) is 0 Å². The Balaban J connectivity index is 2.78. The minimum absolute atomic E-state index is 0.526. The second kappa shape index (κ2) is 4.42. The average Bonchev–Trinajstić information content (AvgIpc) is 2.43. The standard InChI is InChI=1S/C10H18N2O/c1-8(2)10-7-9(3)11-12(10)5-6-13-4/h7-8H,5-6H2,1-4H3. The zero-order valence-electron chi connectivity index (χ0n) is 8.87. The molecular weight excluding hydrogens is 164 g/mol. The van der Waals surface area contributed by atoms with Crippen LogP contribution in [0.5, 0.6) is 0 Å². The van der Waals surface area contributed by atoms with Crippen molar-refractivity contribution in [3.05, 3.63) is 17.5 Å². The summed E-state index contributed by atoms with van der Waals surface area (Å²) in [6.07, 6.45) is 0.